The van der Waals surface area contributed by atoms with E-state index in [-0.39, 0.29) is 0 Å². The van der Waals surface area contributed by atoms with Gasteiger partial charge in [0.25, 0.3) is 0 Å². The van der Waals surface area contributed by atoms with Crippen LogP contribution in [0.15, 0.2) is 48.5 Å². The molecule has 1 atom stereocenters. The van der Waals surface area contributed by atoms with Gasteiger partial charge in [0.2, 0.25) is 0 Å². The Labute approximate surface area is 164 Å². The third-order valence-electron chi connectivity index (χ3n) is 6.40. The van der Waals surface area contributed by atoms with Gasteiger partial charge in [-0.25, -0.2) is 0 Å². The summed E-state index contributed by atoms with van der Waals surface area (Å²) >= 11 is 0. The first kappa shape index (κ1) is 19.8. The van der Waals surface area contributed by atoms with Crippen LogP contribution in [0.3, 0.4) is 0 Å². The number of phenolic OH excluding ortho intramolecular Hbond substituents is 2. The second-order valence-corrected chi connectivity index (χ2v) is 8.25. The van der Waals surface area contributed by atoms with E-state index in [4.69, 9.17) is 0 Å². The fourth-order valence-electron chi connectivity index (χ4n) is 4.79. The molecule has 1 aliphatic carbocycles. The molecule has 1 saturated carbocycles. The maximum absolute atomic E-state index is 9.66. The minimum atomic E-state index is 0.354. The maximum atomic E-state index is 9.66. The summed E-state index contributed by atoms with van der Waals surface area (Å²) in [5.74, 6) is 2.70. The number of aromatic hydroxyl groups is 2. The Morgan fingerprint density at radius 2 is 1.37 bits per heavy atom. The second-order valence-electron chi connectivity index (χ2n) is 8.25. The molecule has 27 heavy (non-hydrogen) atoms. The zero-order valence-corrected chi connectivity index (χ0v) is 16.6. The summed E-state index contributed by atoms with van der Waals surface area (Å²) in [7, 11) is 0. The highest BCUT2D eigenvalue weighted by Gasteiger charge is 2.29. The largest absolute Gasteiger partial charge is 0.508 e. The highest BCUT2D eigenvalue weighted by atomic mass is 16.3. The van der Waals surface area contributed by atoms with Crippen molar-refractivity contribution in [2.45, 2.75) is 76.5 Å². The average Bonchev–Trinajstić information content (AvgIpc) is 2.70. The first-order chi connectivity index (χ1) is 13.2. The third kappa shape index (κ3) is 5.51. The molecule has 2 heteroatoms. The van der Waals surface area contributed by atoms with Gasteiger partial charge in [-0.05, 0) is 85.3 Å². The van der Waals surface area contributed by atoms with Crippen molar-refractivity contribution in [2.75, 3.05) is 0 Å². The Bertz CT molecular complexity index is 666. The predicted octanol–water partition coefficient (Wildman–Crippen LogP) is 7.13. The molecule has 0 aliphatic heterocycles. The number of hydrogen-bond acceptors (Lipinski definition) is 2. The molecule has 0 radical (unpaired) electrons. The summed E-state index contributed by atoms with van der Waals surface area (Å²) in [4.78, 5) is 0. The minimum absolute atomic E-state index is 0.354. The molecule has 0 bridgehead atoms. The SMILES string of the molecule is CCCCCCC(c1ccc(O)cc1)C1CCC(c2ccc(O)cc2)CC1. The monoisotopic (exact) mass is 366 g/mol. The molecule has 1 unspecified atom stereocenters. The molecular formula is C25H34O2. The van der Waals surface area contributed by atoms with Gasteiger partial charge < -0.3 is 10.2 Å². The topological polar surface area (TPSA) is 40.5 Å². The van der Waals surface area contributed by atoms with Crippen molar-refractivity contribution in [3.8, 4) is 11.5 Å². The molecule has 2 N–H and O–H groups in total. The molecule has 2 aromatic rings. The van der Waals surface area contributed by atoms with E-state index in [9.17, 15) is 10.2 Å². The van der Waals surface area contributed by atoms with Crippen molar-refractivity contribution in [3.05, 3.63) is 59.7 Å². The summed E-state index contributed by atoms with van der Waals surface area (Å²) in [6.45, 7) is 2.27. The summed E-state index contributed by atoms with van der Waals surface area (Å²) in [5.41, 5.74) is 2.77. The fourth-order valence-corrected chi connectivity index (χ4v) is 4.79. The van der Waals surface area contributed by atoms with E-state index in [0.717, 1.165) is 5.92 Å². The lowest BCUT2D eigenvalue weighted by atomic mass is 9.70. The fraction of sp³-hybridized carbons (Fsp3) is 0.520. The quantitative estimate of drug-likeness (QED) is 0.488. The van der Waals surface area contributed by atoms with Crippen molar-refractivity contribution < 1.29 is 10.2 Å². The standard InChI is InChI=1S/C25H34O2/c1-2-3-4-5-6-25(22-13-17-24(27)18-14-22)21-9-7-19(8-10-21)20-11-15-23(26)16-12-20/h11-19,21,25-27H,2-10H2,1H3. The van der Waals surface area contributed by atoms with E-state index in [2.05, 4.69) is 31.2 Å². The van der Waals surface area contributed by atoms with Crippen LogP contribution in [0.5, 0.6) is 11.5 Å². The molecule has 0 aromatic heterocycles. The lowest BCUT2D eigenvalue weighted by Gasteiger charge is -2.34. The van der Waals surface area contributed by atoms with Gasteiger partial charge >= 0.3 is 0 Å². The maximum Gasteiger partial charge on any atom is 0.115 e. The molecular weight excluding hydrogens is 332 g/mol. The number of benzene rings is 2. The minimum Gasteiger partial charge on any atom is -0.508 e. The molecule has 0 amide bonds. The van der Waals surface area contributed by atoms with Crippen LogP contribution in [0.1, 0.15) is 87.7 Å². The molecule has 3 rings (SSSR count). The predicted molar refractivity (Wildman–Crippen MR) is 112 cm³/mol. The second kappa shape index (κ2) is 9.82. The van der Waals surface area contributed by atoms with Crippen molar-refractivity contribution in [2.24, 2.45) is 5.92 Å². The lowest BCUT2D eigenvalue weighted by Crippen LogP contribution is -2.20. The van der Waals surface area contributed by atoms with E-state index in [0.29, 0.717) is 23.3 Å². The molecule has 1 aliphatic rings. The van der Waals surface area contributed by atoms with Crippen LogP contribution in [0.25, 0.3) is 0 Å². The van der Waals surface area contributed by atoms with Gasteiger partial charge in [-0.15, -0.1) is 0 Å². The van der Waals surface area contributed by atoms with Crippen LogP contribution in [0.4, 0.5) is 0 Å². The van der Waals surface area contributed by atoms with Gasteiger partial charge in [0.05, 0.1) is 0 Å². The summed E-state index contributed by atoms with van der Waals surface area (Å²) < 4.78 is 0. The number of phenols is 2. The van der Waals surface area contributed by atoms with E-state index < -0.39 is 0 Å². The van der Waals surface area contributed by atoms with Crippen LogP contribution in [0.2, 0.25) is 0 Å². The third-order valence-corrected chi connectivity index (χ3v) is 6.40. The van der Waals surface area contributed by atoms with E-state index in [1.165, 1.54) is 68.9 Å². The normalized spacial score (nSPS) is 21.1. The van der Waals surface area contributed by atoms with Gasteiger partial charge in [0.1, 0.15) is 11.5 Å². The van der Waals surface area contributed by atoms with Crippen molar-refractivity contribution in [1.82, 2.24) is 0 Å². The van der Waals surface area contributed by atoms with Gasteiger partial charge in [-0.1, -0.05) is 56.9 Å². The summed E-state index contributed by atoms with van der Waals surface area (Å²) in [5, 5.41) is 19.2. The van der Waals surface area contributed by atoms with Crippen molar-refractivity contribution in [3.63, 3.8) is 0 Å². The van der Waals surface area contributed by atoms with Crippen LogP contribution >= 0.6 is 0 Å². The van der Waals surface area contributed by atoms with E-state index in [1.807, 2.05) is 24.3 Å². The van der Waals surface area contributed by atoms with Crippen LogP contribution in [-0.2, 0) is 0 Å². The molecule has 0 saturated heterocycles. The molecule has 146 valence electrons. The van der Waals surface area contributed by atoms with Crippen molar-refractivity contribution in [1.29, 1.82) is 0 Å². The Hall–Kier alpha value is -1.96. The smallest absolute Gasteiger partial charge is 0.115 e. The number of rotatable bonds is 8. The van der Waals surface area contributed by atoms with Gasteiger partial charge in [0, 0.05) is 0 Å². The Balaban J connectivity index is 1.64. The zero-order valence-electron chi connectivity index (χ0n) is 16.6. The summed E-state index contributed by atoms with van der Waals surface area (Å²) in [6.07, 6.45) is 11.5. The summed E-state index contributed by atoms with van der Waals surface area (Å²) in [6, 6.07) is 15.7. The molecule has 2 aromatic carbocycles. The van der Waals surface area contributed by atoms with Gasteiger partial charge in [0.15, 0.2) is 0 Å². The molecule has 0 spiro atoms. The molecule has 1 fully saturated rings. The Kier molecular flexibility index (Phi) is 7.20. The van der Waals surface area contributed by atoms with Crippen molar-refractivity contribution >= 4 is 0 Å². The first-order valence-electron chi connectivity index (χ1n) is 10.7. The number of unbranched alkanes of at least 4 members (excludes halogenated alkanes) is 3. The van der Waals surface area contributed by atoms with Crippen LogP contribution in [-0.4, -0.2) is 10.2 Å². The van der Waals surface area contributed by atoms with Gasteiger partial charge in [-0.2, -0.15) is 0 Å². The highest BCUT2D eigenvalue weighted by Crippen LogP contribution is 2.44. The van der Waals surface area contributed by atoms with Gasteiger partial charge in [-0.3, -0.25) is 0 Å². The van der Waals surface area contributed by atoms with Crippen LogP contribution in [0, 0.1) is 5.92 Å². The number of hydrogen-bond donors (Lipinski definition) is 2. The molecule has 0 heterocycles. The lowest BCUT2D eigenvalue weighted by molar-refractivity contribution is 0.268. The Morgan fingerprint density at radius 3 is 1.96 bits per heavy atom. The zero-order chi connectivity index (χ0) is 19.1. The first-order valence-corrected chi connectivity index (χ1v) is 10.7. The van der Waals surface area contributed by atoms with Crippen LogP contribution < -0.4 is 0 Å². The average molecular weight is 367 g/mol. The highest BCUT2D eigenvalue weighted by molar-refractivity contribution is 5.30. The van der Waals surface area contributed by atoms with E-state index >= 15 is 0 Å². The van der Waals surface area contributed by atoms with E-state index in [1.54, 1.807) is 0 Å². The Morgan fingerprint density at radius 1 is 0.778 bits per heavy atom. The molecule has 2 nitrogen and oxygen atoms in total.